The van der Waals surface area contributed by atoms with E-state index >= 15 is 0 Å². The van der Waals surface area contributed by atoms with Gasteiger partial charge >= 0.3 is 5.97 Å². The molecule has 0 spiro atoms. The number of rotatable bonds is 6. The largest absolute Gasteiger partial charge is 0.463 e. The molecule has 1 amide bonds. The van der Waals surface area contributed by atoms with Crippen molar-refractivity contribution in [3.63, 3.8) is 0 Å². The maximum absolute atomic E-state index is 12.6. The quantitative estimate of drug-likeness (QED) is 0.185. The van der Waals surface area contributed by atoms with Crippen LogP contribution in [-0.4, -0.2) is 57.2 Å². The number of esters is 1. The van der Waals surface area contributed by atoms with E-state index < -0.39 is 5.91 Å². The highest BCUT2D eigenvalue weighted by Crippen LogP contribution is 2.27. The van der Waals surface area contributed by atoms with Crippen LogP contribution in [0.4, 0.5) is 17.2 Å². The molecule has 2 N–H and O–H groups in total. The zero-order chi connectivity index (χ0) is 25.0. The molecule has 9 nitrogen and oxygen atoms in total. The van der Waals surface area contributed by atoms with Gasteiger partial charge in [0, 0.05) is 29.3 Å². The van der Waals surface area contributed by atoms with Gasteiger partial charge in [0.25, 0.3) is 5.91 Å². The smallest absolute Gasteiger partial charge is 0.320 e. The van der Waals surface area contributed by atoms with E-state index in [-0.39, 0.29) is 30.3 Å². The third kappa shape index (κ3) is 5.46. The molecule has 1 aromatic heterocycles. The second-order valence-electron chi connectivity index (χ2n) is 8.68. The van der Waals surface area contributed by atoms with Gasteiger partial charge in [-0.25, -0.2) is 9.97 Å². The molecule has 3 aromatic rings. The minimum Gasteiger partial charge on any atom is -0.463 e. The number of cyclic esters (lactones) is 1. The fourth-order valence-corrected chi connectivity index (χ4v) is 3.65. The van der Waals surface area contributed by atoms with Gasteiger partial charge in [-0.1, -0.05) is 18.1 Å². The van der Waals surface area contributed by atoms with Gasteiger partial charge in [0.1, 0.15) is 18.8 Å². The van der Waals surface area contributed by atoms with Gasteiger partial charge < -0.3 is 10.1 Å². The third-order valence-electron chi connectivity index (χ3n) is 5.71. The van der Waals surface area contributed by atoms with Crippen LogP contribution < -0.4 is 10.4 Å². The molecule has 2 heterocycles. The first-order chi connectivity index (χ1) is 16.8. The van der Waals surface area contributed by atoms with Crippen molar-refractivity contribution in [1.82, 2.24) is 14.9 Å². The molecule has 2 aromatic carbocycles. The zero-order valence-corrected chi connectivity index (χ0v) is 19.4. The van der Waals surface area contributed by atoms with Crippen LogP contribution in [0.1, 0.15) is 19.4 Å². The minimum absolute atomic E-state index is 0.138. The number of hydroxylamine groups is 1. The molecule has 1 aliphatic heterocycles. The zero-order valence-electron chi connectivity index (χ0n) is 19.4. The Morgan fingerprint density at radius 2 is 2.14 bits per heavy atom. The Balaban J connectivity index is 1.51. The van der Waals surface area contributed by atoms with Crippen molar-refractivity contribution in [1.29, 1.82) is 0 Å². The number of amides is 1. The van der Waals surface area contributed by atoms with Gasteiger partial charge in [-0.05, 0) is 50.2 Å². The van der Waals surface area contributed by atoms with E-state index in [1.165, 1.54) is 12.4 Å². The first-order valence-electron chi connectivity index (χ1n) is 11.0. The fraction of sp³-hybridized carbons (Fsp3) is 0.231. The lowest BCUT2D eigenvalue weighted by atomic mass is 10.0. The molecule has 0 aliphatic carbocycles. The second-order valence-corrected chi connectivity index (χ2v) is 8.68. The number of fused-ring (bicyclic) bond motifs is 1. The Labute approximate surface area is 203 Å². The number of hydrogen-bond donors (Lipinski definition) is 2. The molecule has 1 fully saturated rings. The van der Waals surface area contributed by atoms with Crippen LogP contribution in [0.5, 0.6) is 0 Å². The summed E-state index contributed by atoms with van der Waals surface area (Å²) < 4.78 is 5.10. The highest BCUT2D eigenvalue weighted by molar-refractivity contribution is 6.02. The van der Waals surface area contributed by atoms with Crippen molar-refractivity contribution in [2.24, 2.45) is 0 Å². The number of carbonyl (C=O) groups is 2. The maximum Gasteiger partial charge on any atom is 0.320 e. The van der Waals surface area contributed by atoms with Crippen LogP contribution in [0.3, 0.4) is 0 Å². The molecule has 0 bridgehead atoms. The molecule has 0 atom stereocenters. The Morgan fingerprint density at radius 3 is 2.94 bits per heavy atom. The predicted molar refractivity (Wildman–Crippen MR) is 132 cm³/mol. The number of carbonyl (C=O) groups excluding carboxylic acids is 2. The SMILES string of the molecule is C#Cc1cccc(Nc2ncnc3ccc(N(O)C(=O)C=CCN4CC(=O)OCC4(C)C)cc23)c1. The monoisotopic (exact) mass is 471 g/mol. The van der Waals surface area contributed by atoms with Crippen LogP contribution in [-0.2, 0) is 14.3 Å². The van der Waals surface area contributed by atoms with E-state index in [2.05, 4.69) is 21.2 Å². The normalized spacial score (nSPS) is 15.5. The van der Waals surface area contributed by atoms with Gasteiger partial charge in [-0.3, -0.25) is 19.7 Å². The molecular weight excluding hydrogens is 446 g/mol. The molecule has 9 heteroatoms. The Bertz CT molecular complexity index is 1350. The van der Waals surface area contributed by atoms with Crippen molar-refractivity contribution in [2.45, 2.75) is 19.4 Å². The highest BCUT2D eigenvalue weighted by atomic mass is 16.5. The molecule has 1 aliphatic rings. The lowest BCUT2D eigenvalue weighted by Crippen LogP contribution is -2.54. The molecule has 0 radical (unpaired) electrons. The standard InChI is InChI=1S/C26H25N5O4/c1-4-18-7-5-8-19(13-18)29-25-21-14-20(10-11-22(21)27-17-28-25)31(34)23(32)9-6-12-30-15-24(33)35-16-26(30,2)3/h1,5-11,13-14,17,34H,12,15-16H2,2-3H3,(H,27,28,29). The first kappa shape index (κ1) is 23.9. The molecule has 178 valence electrons. The number of nitrogens with one attached hydrogen (secondary N) is 1. The summed E-state index contributed by atoms with van der Waals surface area (Å²) in [6.07, 6.45) is 9.79. The number of ether oxygens (including phenoxy) is 1. The lowest BCUT2D eigenvalue weighted by molar-refractivity contribution is -0.159. The third-order valence-corrected chi connectivity index (χ3v) is 5.71. The number of morpholine rings is 1. The van der Waals surface area contributed by atoms with Crippen molar-refractivity contribution < 1.29 is 19.5 Å². The number of hydrogen-bond acceptors (Lipinski definition) is 8. The highest BCUT2D eigenvalue weighted by Gasteiger charge is 2.33. The summed E-state index contributed by atoms with van der Waals surface area (Å²) in [7, 11) is 0. The number of terminal acetylenes is 1. The van der Waals surface area contributed by atoms with Gasteiger partial charge in [0.2, 0.25) is 0 Å². The summed E-state index contributed by atoms with van der Waals surface area (Å²) in [5, 5.41) is 14.9. The predicted octanol–water partition coefficient (Wildman–Crippen LogP) is 3.27. The van der Waals surface area contributed by atoms with Crippen molar-refractivity contribution in [2.75, 3.05) is 30.1 Å². The van der Waals surface area contributed by atoms with Gasteiger partial charge in [0.15, 0.2) is 0 Å². The van der Waals surface area contributed by atoms with Gasteiger partial charge in [-0.2, -0.15) is 5.06 Å². The van der Waals surface area contributed by atoms with Gasteiger partial charge in [0.05, 0.1) is 23.3 Å². The summed E-state index contributed by atoms with van der Waals surface area (Å²) in [4.78, 5) is 34.7. The average molecular weight is 472 g/mol. The topological polar surface area (TPSA) is 108 Å². The molecule has 0 unspecified atom stereocenters. The number of nitrogens with zero attached hydrogens (tertiary/aromatic N) is 4. The Morgan fingerprint density at radius 1 is 1.31 bits per heavy atom. The molecule has 4 rings (SSSR count). The van der Waals surface area contributed by atoms with Crippen molar-refractivity contribution in [3.05, 3.63) is 66.5 Å². The van der Waals surface area contributed by atoms with Crippen molar-refractivity contribution in [3.8, 4) is 12.3 Å². The summed E-state index contributed by atoms with van der Waals surface area (Å²) in [6.45, 7) is 4.69. The summed E-state index contributed by atoms with van der Waals surface area (Å²) in [5.74, 6) is 2.16. The average Bonchev–Trinajstić information content (AvgIpc) is 2.86. The summed E-state index contributed by atoms with van der Waals surface area (Å²) in [5.41, 5.74) is 2.01. The minimum atomic E-state index is -0.630. The molecule has 1 saturated heterocycles. The molecule has 0 saturated carbocycles. The number of anilines is 3. The van der Waals surface area contributed by atoms with Crippen LogP contribution >= 0.6 is 0 Å². The van der Waals surface area contributed by atoms with Crippen LogP contribution in [0.2, 0.25) is 0 Å². The second kappa shape index (κ2) is 9.93. The maximum atomic E-state index is 12.6. The van der Waals surface area contributed by atoms with Crippen molar-refractivity contribution >= 4 is 40.0 Å². The van der Waals surface area contributed by atoms with E-state index in [4.69, 9.17) is 11.2 Å². The van der Waals surface area contributed by atoms with Crippen LogP contribution in [0, 0.1) is 12.3 Å². The van der Waals surface area contributed by atoms with E-state index in [0.717, 1.165) is 11.3 Å². The summed E-state index contributed by atoms with van der Waals surface area (Å²) in [6, 6.07) is 12.2. The van der Waals surface area contributed by atoms with E-state index in [1.807, 2.05) is 43.0 Å². The fourth-order valence-electron chi connectivity index (χ4n) is 3.65. The van der Waals surface area contributed by atoms with Crippen LogP contribution in [0.25, 0.3) is 10.9 Å². The van der Waals surface area contributed by atoms with E-state index in [9.17, 15) is 14.8 Å². The Hall–Kier alpha value is -4.26. The molecule has 35 heavy (non-hydrogen) atoms. The summed E-state index contributed by atoms with van der Waals surface area (Å²) >= 11 is 0. The first-order valence-corrected chi connectivity index (χ1v) is 11.0. The van der Waals surface area contributed by atoms with Gasteiger partial charge in [-0.15, -0.1) is 6.42 Å². The number of aromatic nitrogens is 2. The Kier molecular flexibility index (Phi) is 6.78. The lowest BCUT2D eigenvalue weighted by Gasteiger charge is -2.40. The van der Waals surface area contributed by atoms with E-state index in [0.29, 0.717) is 28.3 Å². The number of benzene rings is 2. The van der Waals surface area contributed by atoms with E-state index in [1.54, 1.807) is 24.3 Å². The molecular formula is C26H25N5O4. The van der Waals surface area contributed by atoms with Crippen LogP contribution in [0.15, 0.2) is 60.9 Å².